The number of alkyl halides is 3. The van der Waals surface area contributed by atoms with Crippen molar-refractivity contribution in [2.24, 2.45) is 5.41 Å². The van der Waals surface area contributed by atoms with E-state index in [-0.39, 0.29) is 63.3 Å². The Bertz CT molecular complexity index is 2510. The van der Waals surface area contributed by atoms with Gasteiger partial charge in [0.05, 0.1) is 64.9 Å². The lowest BCUT2D eigenvalue weighted by molar-refractivity contribution is -0.144. The Morgan fingerprint density at radius 2 is 1.66 bits per heavy atom. The predicted molar refractivity (Wildman–Crippen MR) is 248 cm³/mol. The molecule has 2 saturated heterocycles. The number of halogens is 3. The minimum atomic E-state index is -4.82. The zero-order valence-corrected chi connectivity index (χ0v) is 39.4. The Balaban J connectivity index is 0.921. The number of aliphatic hydroxyl groups excluding tert-OH is 1. The van der Waals surface area contributed by atoms with Crippen LogP contribution >= 0.6 is 23.6 Å². The summed E-state index contributed by atoms with van der Waals surface area (Å²) in [6.07, 6.45) is -5.66. The number of rotatable bonds is 17. The molecule has 2 aliphatic heterocycles. The summed E-state index contributed by atoms with van der Waals surface area (Å²) in [5.74, 6) is -1.52. The number of β-amino-alcohol motifs (C(OH)–C–C–N with tert-alkyl or cyclic N) is 1. The number of hydrogen-bond acceptors (Lipinski definition) is 12. The molecule has 0 unspecified atom stereocenters. The van der Waals surface area contributed by atoms with Gasteiger partial charge in [0, 0.05) is 25.2 Å². The van der Waals surface area contributed by atoms with E-state index in [1.54, 1.807) is 75.7 Å². The Morgan fingerprint density at radius 3 is 2.28 bits per heavy atom. The zero-order valence-electron chi connectivity index (χ0n) is 37.8. The van der Waals surface area contributed by atoms with E-state index in [9.17, 15) is 42.7 Å². The number of hydrogen-bond donors (Lipinski definition) is 3. The van der Waals surface area contributed by atoms with Gasteiger partial charge in [0.15, 0.2) is 5.11 Å². The number of nitrogens with zero attached hydrogens (tertiary/aromatic N) is 5. The van der Waals surface area contributed by atoms with Crippen LogP contribution in [0.1, 0.15) is 63.4 Å². The topological polar surface area (TPSA) is 187 Å². The van der Waals surface area contributed by atoms with Gasteiger partial charge in [0.25, 0.3) is 5.91 Å². The summed E-state index contributed by atoms with van der Waals surface area (Å²) in [5, 5.41) is 25.4. The van der Waals surface area contributed by atoms with Crippen LogP contribution in [0.5, 0.6) is 5.75 Å². The van der Waals surface area contributed by atoms with E-state index < -0.39 is 70.1 Å². The molecule has 0 bridgehead atoms. The number of anilines is 2. The van der Waals surface area contributed by atoms with Crippen LogP contribution in [-0.4, -0.2) is 107 Å². The first kappa shape index (κ1) is 50.4. The fraction of sp³-hybridized carbons (Fsp3) is 0.426. The first-order valence-electron chi connectivity index (χ1n) is 21.3. The Kier molecular flexibility index (Phi) is 15.7. The third kappa shape index (κ3) is 11.8. The fourth-order valence-corrected chi connectivity index (χ4v) is 9.07. The molecule has 0 spiro atoms. The molecule has 0 aliphatic carbocycles. The van der Waals surface area contributed by atoms with Crippen molar-refractivity contribution in [2.45, 2.75) is 84.4 Å². The molecule has 67 heavy (non-hydrogen) atoms. The number of thiocarbonyl (C=S) groups is 1. The van der Waals surface area contributed by atoms with E-state index in [1.807, 2.05) is 31.2 Å². The molecule has 3 heterocycles. The molecular weight excluding hydrogens is 912 g/mol. The van der Waals surface area contributed by atoms with Gasteiger partial charge < -0.3 is 39.8 Å². The lowest BCUT2D eigenvalue weighted by Crippen LogP contribution is -2.58. The van der Waals surface area contributed by atoms with Gasteiger partial charge in [-0.25, -0.2) is 4.98 Å². The van der Waals surface area contributed by atoms with Gasteiger partial charge in [-0.1, -0.05) is 45.0 Å². The molecule has 6 rings (SSSR count). The number of nitrogens with one attached hydrogen (secondary N) is 2. The standard InChI is InChI=1S/C47H52F3N7O8S2/c1-28-39(67-27-53-28)30-9-7-29(8-10-30)24-52-41(60)37-22-34(58)25-55(37)42(61)40(45(2,3)4)54-38(59)26-64-18-17-63-19-20-65-35-15-13-32(14-16-35)57-44(66)56(43(62)46(57,5)6)33-12-11-31(23-51)36(21-33)47(48,49)50/h7-16,21,27,34,37,40,58H,17-20,22,24-26H2,1-6H3,(H,52,60)(H,54,59)/t34-,37+,40-/m1/s1. The molecular formula is C47H52F3N7O8S2. The van der Waals surface area contributed by atoms with Gasteiger partial charge in [-0.3, -0.25) is 24.1 Å². The normalized spacial score (nSPS) is 17.7. The maximum absolute atomic E-state index is 13.9. The highest BCUT2D eigenvalue weighted by molar-refractivity contribution is 7.81. The van der Waals surface area contributed by atoms with Gasteiger partial charge in [-0.05, 0) is 92.0 Å². The number of ether oxygens (including phenoxy) is 3. The molecule has 3 aromatic carbocycles. The van der Waals surface area contributed by atoms with Gasteiger partial charge in [-0.15, -0.1) is 11.3 Å². The average molecular weight is 964 g/mol. The van der Waals surface area contributed by atoms with Crippen LogP contribution in [0.15, 0.2) is 72.2 Å². The van der Waals surface area contributed by atoms with Crippen molar-refractivity contribution in [1.29, 1.82) is 5.26 Å². The molecule has 3 atom stereocenters. The summed E-state index contributed by atoms with van der Waals surface area (Å²) in [6, 6.07) is 17.0. The number of benzene rings is 3. The number of carbonyl (C=O) groups excluding carboxylic acids is 4. The third-order valence-corrected chi connectivity index (χ3v) is 12.6. The third-order valence-electron chi connectivity index (χ3n) is 11.3. The fourth-order valence-electron chi connectivity index (χ4n) is 7.74. The van der Waals surface area contributed by atoms with Crippen LogP contribution in [0, 0.1) is 23.7 Å². The molecule has 0 radical (unpaired) electrons. The molecule has 2 aliphatic rings. The lowest BCUT2D eigenvalue weighted by Gasteiger charge is -2.35. The summed E-state index contributed by atoms with van der Waals surface area (Å²) in [5.41, 5.74) is 1.27. The highest BCUT2D eigenvalue weighted by atomic mass is 32.1. The van der Waals surface area contributed by atoms with Crippen LogP contribution in [0.2, 0.25) is 0 Å². The average Bonchev–Trinajstić information content (AvgIpc) is 3.94. The first-order chi connectivity index (χ1) is 31.6. The van der Waals surface area contributed by atoms with E-state index in [2.05, 4.69) is 15.6 Å². The minimum Gasteiger partial charge on any atom is -0.491 e. The molecule has 15 nitrogen and oxygen atoms in total. The maximum atomic E-state index is 13.9. The van der Waals surface area contributed by atoms with E-state index in [0.29, 0.717) is 11.4 Å². The molecule has 3 N–H and O–H groups in total. The lowest BCUT2D eigenvalue weighted by atomic mass is 9.85. The van der Waals surface area contributed by atoms with Crippen LogP contribution in [0.4, 0.5) is 24.5 Å². The van der Waals surface area contributed by atoms with Crippen molar-refractivity contribution >= 4 is 63.7 Å². The number of likely N-dealkylation sites (tertiary alicyclic amines) is 1. The quantitative estimate of drug-likeness (QED) is 0.0812. The number of aromatic nitrogens is 1. The molecule has 356 valence electrons. The summed E-state index contributed by atoms with van der Waals surface area (Å²) < 4.78 is 58.0. The minimum absolute atomic E-state index is 0.0351. The molecule has 4 aromatic rings. The zero-order chi connectivity index (χ0) is 48.8. The number of aliphatic hydroxyl groups is 1. The number of carbonyl (C=O) groups is 4. The highest BCUT2D eigenvalue weighted by Gasteiger charge is 2.51. The van der Waals surface area contributed by atoms with Gasteiger partial charge in [0.1, 0.15) is 36.6 Å². The summed E-state index contributed by atoms with van der Waals surface area (Å²) in [6.45, 7) is 10.9. The van der Waals surface area contributed by atoms with E-state index in [1.165, 1.54) is 21.9 Å². The van der Waals surface area contributed by atoms with Crippen molar-refractivity contribution in [3.63, 3.8) is 0 Å². The number of aryl methyl sites for hydroxylation is 1. The summed E-state index contributed by atoms with van der Waals surface area (Å²) in [7, 11) is 0. The van der Waals surface area contributed by atoms with Crippen LogP contribution in [0.3, 0.4) is 0 Å². The SMILES string of the molecule is Cc1ncsc1-c1ccc(CNC(=O)[C@@H]2C[C@@H](O)CN2C(=O)[C@@H](NC(=O)COCCOCCOc2ccc(N3C(=S)N(c4ccc(C#N)c(C(F)(F)F)c4)C(=O)C3(C)C)cc2)C(C)(C)C)cc1. The second-order valence-electron chi connectivity index (χ2n) is 17.6. The van der Waals surface area contributed by atoms with Crippen LogP contribution in [0.25, 0.3) is 10.4 Å². The van der Waals surface area contributed by atoms with Gasteiger partial charge in [0.2, 0.25) is 17.7 Å². The molecule has 1 aromatic heterocycles. The molecule has 0 saturated carbocycles. The maximum Gasteiger partial charge on any atom is 0.417 e. The van der Waals surface area contributed by atoms with Crippen molar-refractivity contribution in [3.05, 3.63) is 94.6 Å². The summed E-state index contributed by atoms with van der Waals surface area (Å²) in [4.78, 5) is 63.2. The number of nitriles is 1. The molecule has 4 amide bonds. The van der Waals surface area contributed by atoms with Crippen LogP contribution < -0.4 is 25.2 Å². The van der Waals surface area contributed by atoms with Crippen LogP contribution in [-0.2, 0) is 41.4 Å². The smallest absolute Gasteiger partial charge is 0.417 e. The second kappa shape index (κ2) is 20.9. The molecule has 2 fully saturated rings. The van der Waals surface area contributed by atoms with E-state index in [0.717, 1.165) is 38.7 Å². The van der Waals surface area contributed by atoms with Gasteiger partial charge in [-0.2, -0.15) is 18.4 Å². The van der Waals surface area contributed by atoms with E-state index in [4.69, 9.17) is 26.4 Å². The monoisotopic (exact) mass is 963 g/mol. The number of amides is 4. The van der Waals surface area contributed by atoms with Crippen molar-refractivity contribution in [1.82, 2.24) is 20.5 Å². The second-order valence-corrected chi connectivity index (χ2v) is 18.8. The Morgan fingerprint density at radius 1 is 1.00 bits per heavy atom. The highest BCUT2D eigenvalue weighted by Crippen LogP contribution is 2.40. The van der Waals surface area contributed by atoms with Crippen molar-refractivity contribution in [2.75, 3.05) is 49.4 Å². The van der Waals surface area contributed by atoms with E-state index >= 15 is 0 Å². The first-order valence-corrected chi connectivity index (χ1v) is 22.6. The predicted octanol–water partition coefficient (Wildman–Crippen LogP) is 6.15. The number of thiazole rings is 1. The summed E-state index contributed by atoms with van der Waals surface area (Å²) >= 11 is 7.16. The van der Waals surface area contributed by atoms with Crippen molar-refractivity contribution in [3.8, 4) is 22.3 Å². The Labute approximate surface area is 395 Å². The van der Waals surface area contributed by atoms with Gasteiger partial charge >= 0.3 is 6.18 Å². The largest absolute Gasteiger partial charge is 0.491 e. The van der Waals surface area contributed by atoms with Crippen molar-refractivity contribution < 1.29 is 51.7 Å². The molecule has 20 heteroatoms. The Hall–Kier alpha value is -5.98.